The predicted molar refractivity (Wildman–Crippen MR) is 259 cm³/mol. The summed E-state index contributed by atoms with van der Waals surface area (Å²) in [5.74, 6) is 0. The van der Waals surface area contributed by atoms with E-state index in [9.17, 15) is 0 Å². The molecule has 0 saturated carbocycles. The summed E-state index contributed by atoms with van der Waals surface area (Å²) in [7, 11) is 0. The van der Waals surface area contributed by atoms with Crippen LogP contribution in [0.4, 0.5) is 34.1 Å². The summed E-state index contributed by atoms with van der Waals surface area (Å²) >= 11 is 0. The molecule has 0 radical (unpaired) electrons. The molecule has 0 amide bonds. The van der Waals surface area contributed by atoms with E-state index in [2.05, 4.69) is 216 Å². The first-order chi connectivity index (χ1) is 30.7. The highest BCUT2D eigenvalue weighted by molar-refractivity contribution is 6.09. The highest BCUT2D eigenvalue weighted by Crippen LogP contribution is 2.49. The van der Waals surface area contributed by atoms with Gasteiger partial charge in [-0.05, 0) is 83.2 Å². The van der Waals surface area contributed by atoms with Gasteiger partial charge in [-0.2, -0.15) is 0 Å². The van der Waals surface area contributed by atoms with Gasteiger partial charge < -0.3 is 18.6 Å². The monoisotopic (exact) mass is 794 g/mol. The molecule has 0 N–H and O–H groups in total. The maximum atomic E-state index is 6.51. The predicted octanol–water partition coefficient (Wildman–Crippen LogP) is 16.9. The third-order valence-electron chi connectivity index (χ3n) is 12.1. The Kier molecular flexibility index (Phi) is 8.46. The maximum Gasteiger partial charge on any atom is 0.137 e. The van der Waals surface area contributed by atoms with E-state index in [-0.39, 0.29) is 0 Å². The fraction of sp³-hybridized carbons (Fsp3) is 0. The van der Waals surface area contributed by atoms with E-state index in [0.717, 1.165) is 100 Å². The quantitative estimate of drug-likeness (QED) is 0.153. The molecule has 0 aliphatic carbocycles. The minimum atomic E-state index is 0.843. The van der Waals surface area contributed by atoms with Crippen LogP contribution in [0.1, 0.15) is 0 Å². The molecule has 0 spiro atoms. The molecular weight excluding hydrogens is 757 g/mol. The summed E-state index contributed by atoms with van der Waals surface area (Å²) in [6, 6.07) is 81.7. The molecule has 0 atom stereocenters. The van der Waals surface area contributed by atoms with Crippen LogP contribution in [0.15, 0.2) is 239 Å². The normalized spacial score (nSPS) is 11.5. The van der Waals surface area contributed by atoms with E-state index in [0.29, 0.717) is 0 Å². The summed E-state index contributed by atoms with van der Waals surface area (Å²) in [5, 5.41) is 6.73. The Hall–Kier alpha value is -8.34. The van der Waals surface area contributed by atoms with Crippen molar-refractivity contribution >= 4 is 88.8 Å². The molecule has 62 heavy (non-hydrogen) atoms. The zero-order valence-electron chi connectivity index (χ0n) is 33.7. The lowest BCUT2D eigenvalue weighted by Gasteiger charge is -2.31. The Bertz CT molecular complexity index is 3600. The maximum absolute atomic E-state index is 6.51. The van der Waals surface area contributed by atoms with E-state index in [1.165, 1.54) is 10.9 Å². The van der Waals surface area contributed by atoms with E-state index in [4.69, 9.17) is 8.83 Å². The van der Waals surface area contributed by atoms with Crippen LogP contribution in [-0.2, 0) is 0 Å². The van der Waals surface area contributed by atoms with Crippen LogP contribution in [0.25, 0.3) is 76.9 Å². The zero-order valence-corrected chi connectivity index (χ0v) is 33.7. The summed E-state index contributed by atoms with van der Waals surface area (Å²) in [4.78, 5) is 4.75. The first-order valence-electron chi connectivity index (χ1n) is 21.0. The molecule has 0 saturated heterocycles. The molecule has 2 aromatic heterocycles. The van der Waals surface area contributed by atoms with Crippen molar-refractivity contribution < 1.29 is 8.83 Å². The van der Waals surface area contributed by atoms with E-state index < -0.39 is 0 Å². The largest absolute Gasteiger partial charge is 0.456 e. The average Bonchev–Trinajstić information content (AvgIpc) is 3.90. The molecule has 0 aliphatic heterocycles. The van der Waals surface area contributed by atoms with Crippen LogP contribution in [0.2, 0.25) is 0 Å². The SMILES string of the molecule is c1ccc(-c2ccc(N(c3ccc4c(c3)oc3ccccc34)c3ccccc3-c3ccccc3N(c3ccc4c(c3)oc3ccccc34)c3cccc4ccccc34)cc2)cc1. The van der Waals surface area contributed by atoms with Gasteiger partial charge in [-0.1, -0.05) is 152 Å². The van der Waals surface area contributed by atoms with Crippen molar-refractivity contribution in [3.05, 3.63) is 231 Å². The third kappa shape index (κ3) is 6.00. The molecule has 4 nitrogen and oxygen atoms in total. The van der Waals surface area contributed by atoms with Gasteiger partial charge in [0.2, 0.25) is 0 Å². The number of benzene rings is 10. The molecule has 10 aromatic carbocycles. The number of nitrogens with zero attached hydrogens (tertiary/aromatic N) is 2. The van der Waals surface area contributed by atoms with Gasteiger partial charge in [0.05, 0.1) is 17.1 Å². The Morgan fingerprint density at radius 3 is 1.34 bits per heavy atom. The molecule has 292 valence electrons. The summed E-state index contributed by atoms with van der Waals surface area (Å²) < 4.78 is 13.0. The number of para-hydroxylation sites is 4. The first-order valence-corrected chi connectivity index (χ1v) is 21.0. The molecule has 12 rings (SSSR count). The second-order valence-electron chi connectivity index (χ2n) is 15.7. The number of rotatable bonds is 8. The van der Waals surface area contributed by atoms with Crippen molar-refractivity contribution in [2.45, 2.75) is 0 Å². The number of hydrogen-bond donors (Lipinski definition) is 0. The zero-order chi connectivity index (χ0) is 41.0. The minimum Gasteiger partial charge on any atom is -0.456 e. The molecule has 0 bridgehead atoms. The minimum absolute atomic E-state index is 0.843. The molecular formula is C58H38N2O2. The molecule has 12 aromatic rings. The lowest BCUT2D eigenvalue weighted by Crippen LogP contribution is -2.14. The number of furan rings is 2. The third-order valence-corrected chi connectivity index (χ3v) is 12.1. The van der Waals surface area contributed by atoms with Gasteiger partial charge in [0.25, 0.3) is 0 Å². The Balaban J connectivity index is 1.08. The van der Waals surface area contributed by atoms with Gasteiger partial charge in [0, 0.05) is 67.3 Å². The highest BCUT2D eigenvalue weighted by Gasteiger charge is 2.24. The fourth-order valence-electron chi connectivity index (χ4n) is 9.17. The fourth-order valence-corrected chi connectivity index (χ4v) is 9.17. The Labute approximate surface area is 358 Å². The van der Waals surface area contributed by atoms with E-state index in [1.54, 1.807) is 0 Å². The topological polar surface area (TPSA) is 32.8 Å². The van der Waals surface area contributed by atoms with Crippen LogP contribution in [0, 0.1) is 0 Å². The van der Waals surface area contributed by atoms with Gasteiger partial charge >= 0.3 is 0 Å². The van der Waals surface area contributed by atoms with Crippen LogP contribution in [0.3, 0.4) is 0 Å². The lowest BCUT2D eigenvalue weighted by atomic mass is 9.97. The van der Waals surface area contributed by atoms with Crippen molar-refractivity contribution in [2.75, 3.05) is 9.80 Å². The number of fused-ring (bicyclic) bond motifs is 7. The van der Waals surface area contributed by atoms with Gasteiger partial charge in [-0.3, -0.25) is 0 Å². The van der Waals surface area contributed by atoms with Gasteiger partial charge in [0.15, 0.2) is 0 Å². The molecule has 4 heteroatoms. The van der Waals surface area contributed by atoms with Crippen LogP contribution in [0.5, 0.6) is 0 Å². The standard InChI is InChI=1S/C58H38N2O2/c1-2-15-39(16-3-1)40-29-31-42(32-30-40)59(43-33-35-50-48-22-8-12-27-55(48)61-57(50)37-43)53-24-10-6-20-46(53)47-21-7-11-25-54(47)60(52-26-14-18-41-17-4-5-19-45(41)52)44-34-36-51-49-23-9-13-28-56(49)62-58(51)38-44/h1-38H. The van der Waals surface area contributed by atoms with Gasteiger partial charge in [0.1, 0.15) is 22.3 Å². The lowest BCUT2D eigenvalue weighted by molar-refractivity contribution is 0.668. The second-order valence-corrected chi connectivity index (χ2v) is 15.7. The summed E-state index contributed by atoms with van der Waals surface area (Å²) in [5.41, 5.74) is 14.1. The molecule has 2 heterocycles. The van der Waals surface area contributed by atoms with Gasteiger partial charge in [-0.15, -0.1) is 0 Å². The van der Waals surface area contributed by atoms with Crippen molar-refractivity contribution in [1.82, 2.24) is 0 Å². The second kappa shape index (κ2) is 14.7. The van der Waals surface area contributed by atoms with Crippen molar-refractivity contribution in [1.29, 1.82) is 0 Å². The van der Waals surface area contributed by atoms with Crippen molar-refractivity contribution in [3.63, 3.8) is 0 Å². The van der Waals surface area contributed by atoms with Crippen molar-refractivity contribution in [3.8, 4) is 22.3 Å². The Morgan fingerprint density at radius 2 is 0.694 bits per heavy atom. The Morgan fingerprint density at radius 1 is 0.258 bits per heavy atom. The van der Waals surface area contributed by atoms with E-state index >= 15 is 0 Å². The summed E-state index contributed by atoms with van der Waals surface area (Å²) in [6.45, 7) is 0. The molecule has 0 aliphatic rings. The number of hydrogen-bond acceptors (Lipinski definition) is 4. The van der Waals surface area contributed by atoms with Crippen LogP contribution >= 0.6 is 0 Å². The highest BCUT2D eigenvalue weighted by atomic mass is 16.3. The van der Waals surface area contributed by atoms with Crippen molar-refractivity contribution in [2.24, 2.45) is 0 Å². The molecule has 0 fully saturated rings. The van der Waals surface area contributed by atoms with Crippen LogP contribution < -0.4 is 9.80 Å². The summed E-state index contributed by atoms with van der Waals surface area (Å²) in [6.07, 6.45) is 0. The smallest absolute Gasteiger partial charge is 0.137 e. The average molecular weight is 795 g/mol. The van der Waals surface area contributed by atoms with Crippen LogP contribution in [-0.4, -0.2) is 0 Å². The molecule has 0 unspecified atom stereocenters. The first kappa shape index (κ1) is 35.6. The van der Waals surface area contributed by atoms with Gasteiger partial charge in [-0.25, -0.2) is 0 Å². The number of anilines is 6. The van der Waals surface area contributed by atoms with E-state index in [1.807, 2.05) is 24.3 Å².